The molecule has 7 aromatic rings. The zero-order valence-electron chi connectivity index (χ0n) is 25.6. The van der Waals surface area contributed by atoms with Gasteiger partial charge >= 0.3 is 6.18 Å². The van der Waals surface area contributed by atoms with Crippen LogP contribution in [-0.4, -0.2) is 21.6 Å². The van der Waals surface area contributed by atoms with Gasteiger partial charge < -0.3 is 9.67 Å². The smallest absolute Gasteiger partial charge is 0.455 e. The quantitative estimate of drug-likeness (QED) is 0.109. The molecular formula is C39H27F3NO4PSm. The molecule has 1 aromatic heterocycles. The van der Waals surface area contributed by atoms with Gasteiger partial charge in [0, 0.05) is 72.8 Å². The van der Waals surface area contributed by atoms with Crippen LogP contribution in [0.2, 0.25) is 0 Å². The Morgan fingerprint density at radius 1 is 0.592 bits per heavy atom. The fourth-order valence-corrected chi connectivity index (χ4v) is 8.34. The zero-order chi connectivity index (χ0) is 33.9. The molecule has 7 rings (SSSR count). The number of alkyl halides is 3. The number of carbonyl (C=O) groups is 1. The second-order valence-electron chi connectivity index (χ2n) is 10.8. The van der Waals surface area contributed by atoms with Crippen LogP contribution in [0.5, 0.6) is 5.75 Å². The van der Waals surface area contributed by atoms with Gasteiger partial charge in [-0.1, -0.05) is 140 Å². The van der Waals surface area contributed by atoms with E-state index in [1.165, 1.54) is 6.07 Å². The van der Waals surface area contributed by atoms with Crippen molar-refractivity contribution >= 4 is 50.5 Å². The average Bonchev–Trinajstić information content (AvgIpc) is 3.12. The van der Waals surface area contributed by atoms with E-state index in [1.807, 2.05) is 91.0 Å². The Morgan fingerprint density at radius 2 is 1.02 bits per heavy atom. The summed E-state index contributed by atoms with van der Waals surface area (Å²) in [4.78, 5) is 24.9. The topological polar surface area (TPSA) is 76.4 Å². The van der Waals surface area contributed by atoms with Crippen LogP contribution < -0.4 is 21.5 Å². The molecule has 0 atom stereocenters. The van der Waals surface area contributed by atoms with Crippen LogP contribution in [-0.2, 0) is 4.57 Å². The Bertz CT molecular complexity index is 2250. The molecule has 5 nitrogen and oxygen atoms in total. The van der Waals surface area contributed by atoms with Crippen LogP contribution in [0.25, 0.3) is 27.4 Å². The Morgan fingerprint density at radius 3 is 1.49 bits per heavy atom. The first-order valence-corrected chi connectivity index (χ1v) is 16.6. The minimum Gasteiger partial charge on any atom is -0.506 e. The van der Waals surface area contributed by atoms with Gasteiger partial charge in [0.05, 0.1) is 5.52 Å². The number of fused-ring (bicyclic) bond motifs is 3. The summed E-state index contributed by atoms with van der Waals surface area (Å²) in [5, 5.41) is 14.3. The van der Waals surface area contributed by atoms with Gasteiger partial charge in [-0.05, 0) is 23.6 Å². The first kappa shape index (κ1) is 35.9. The Hall–Kier alpha value is -4.38. The number of ketones is 1. The summed E-state index contributed by atoms with van der Waals surface area (Å²) in [6.45, 7) is 0. The van der Waals surface area contributed by atoms with Crippen LogP contribution in [0.1, 0.15) is 10.4 Å². The van der Waals surface area contributed by atoms with E-state index < -0.39 is 36.0 Å². The van der Waals surface area contributed by atoms with E-state index in [0.29, 0.717) is 5.39 Å². The fraction of sp³-hybridized carbons (Fsp3) is 0.0256. The van der Waals surface area contributed by atoms with E-state index in [0.717, 1.165) is 25.9 Å². The van der Waals surface area contributed by atoms with Gasteiger partial charge in [0.2, 0.25) is 0 Å². The molecule has 10 heteroatoms. The number of Topliss-reactive ketones (excluding diaryl/α,β-unsaturated/α-hetero) is 1. The second-order valence-corrected chi connectivity index (χ2v) is 13.6. The van der Waals surface area contributed by atoms with Crippen LogP contribution in [0, 0.1) is 40.4 Å². The summed E-state index contributed by atoms with van der Waals surface area (Å²) in [5.41, 5.74) is -2.01. The summed E-state index contributed by atoms with van der Waals surface area (Å²) in [5.74, 6) is -3.35. The van der Waals surface area contributed by atoms with Crippen LogP contribution in [0.4, 0.5) is 13.2 Å². The summed E-state index contributed by atoms with van der Waals surface area (Å²) in [6, 6.07) is 47.1. The van der Waals surface area contributed by atoms with Crippen LogP contribution in [0.15, 0.2) is 163 Å². The molecule has 1 N–H and O–H groups in total. The maximum Gasteiger partial charge on any atom is 0.455 e. The standard InChI is InChI=1S/C21H12F3NO3.C18H15OP.Sm/c22-21(23,24)19(27)16-18(26)15-11-10-12-6-4-5-9-14(12)17(15)25(20(16)28)13-7-2-1-3-8-13;19-20(16-10-4-1-5-11-16,17-12-6-2-7-13-17)18-14-8-3-9-15-18;/h1-11,26H;1-15H;. The summed E-state index contributed by atoms with van der Waals surface area (Å²) < 4.78 is 54.1. The molecule has 0 saturated carbocycles. The number of pyridine rings is 1. The molecule has 0 amide bonds. The third-order valence-corrected chi connectivity index (χ3v) is 11.0. The minimum absolute atomic E-state index is 0. The molecule has 0 unspecified atom stereocenters. The van der Waals surface area contributed by atoms with Crippen molar-refractivity contribution in [3.63, 3.8) is 0 Å². The summed E-state index contributed by atoms with van der Waals surface area (Å²) in [6.07, 6.45) is -5.30. The molecule has 49 heavy (non-hydrogen) atoms. The maximum atomic E-state index is 13.8. The average molecular weight is 812 g/mol. The SMILES string of the molecule is O=C(c1c(O)c2ccc3ccccc3c2n(-c2ccccc2)c1=O)C(F)(F)F.O=P(c1ccccc1)(c1ccccc1)c1ccccc1.[Sm]. The van der Waals surface area contributed by atoms with Crippen molar-refractivity contribution in [2.75, 3.05) is 0 Å². The number of aromatic hydroxyl groups is 1. The molecule has 0 aliphatic carbocycles. The number of hydrogen-bond acceptors (Lipinski definition) is 4. The molecule has 0 saturated heterocycles. The molecular weight excluding hydrogens is 785 g/mol. The number of para-hydroxylation sites is 1. The van der Waals surface area contributed by atoms with Crippen molar-refractivity contribution in [1.29, 1.82) is 0 Å². The maximum absolute atomic E-state index is 13.8. The number of hydrogen-bond donors (Lipinski definition) is 1. The molecule has 0 aliphatic heterocycles. The molecule has 1 heterocycles. The van der Waals surface area contributed by atoms with Crippen molar-refractivity contribution < 1.29 is 68.0 Å². The molecule has 0 spiro atoms. The van der Waals surface area contributed by atoms with Crippen LogP contribution in [0.3, 0.4) is 0 Å². The normalized spacial score (nSPS) is 11.3. The fourth-order valence-electron chi connectivity index (χ4n) is 5.67. The van der Waals surface area contributed by atoms with Gasteiger partial charge in [-0.3, -0.25) is 14.2 Å². The zero-order valence-corrected chi connectivity index (χ0v) is 29.1. The van der Waals surface area contributed by atoms with Crippen molar-refractivity contribution in [3.05, 3.63) is 174 Å². The Balaban J connectivity index is 0.000000197. The minimum atomic E-state index is -5.30. The molecule has 0 fully saturated rings. The van der Waals surface area contributed by atoms with Gasteiger partial charge in [-0.15, -0.1) is 0 Å². The number of benzene rings is 6. The Kier molecular flexibility index (Phi) is 11.0. The number of rotatable bonds is 5. The third-order valence-electron chi connectivity index (χ3n) is 7.89. The molecule has 6 aromatic carbocycles. The number of halogens is 3. The third kappa shape index (κ3) is 7.04. The first-order valence-electron chi connectivity index (χ1n) is 14.9. The van der Waals surface area contributed by atoms with Gasteiger partial charge in [0.1, 0.15) is 11.3 Å². The summed E-state index contributed by atoms with van der Waals surface area (Å²) >= 11 is 0. The number of carbonyl (C=O) groups excluding carboxylic acids is 1. The van der Waals surface area contributed by atoms with E-state index in [2.05, 4.69) is 0 Å². The van der Waals surface area contributed by atoms with Gasteiger partial charge in [-0.25, -0.2) is 0 Å². The van der Waals surface area contributed by atoms with E-state index in [1.54, 1.807) is 60.7 Å². The number of aromatic nitrogens is 1. The van der Waals surface area contributed by atoms with Crippen molar-refractivity contribution in [2.24, 2.45) is 0 Å². The Labute approximate surface area is 312 Å². The van der Waals surface area contributed by atoms with E-state index in [9.17, 15) is 32.4 Å². The summed E-state index contributed by atoms with van der Waals surface area (Å²) in [7, 11) is -2.78. The molecule has 0 radical (unpaired) electrons. The van der Waals surface area contributed by atoms with Gasteiger partial charge in [-0.2, -0.15) is 13.2 Å². The van der Waals surface area contributed by atoms with E-state index >= 15 is 0 Å². The predicted molar refractivity (Wildman–Crippen MR) is 185 cm³/mol. The van der Waals surface area contributed by atoms with Crippen LogP contribution >= 0.6 is 7.14 Å². The van der Waals surface area contributed by atoms with Crippen molar-refractivity contribution in [3.8, 4) is 11.4 Å². The molecule has 244 valence electrons. The largest absolute Gasteiger partial charge is 0.506 e. The first-order chi connectivity index (χ1) is 23.1. The molecule has 0 aliphatic rings. The van der Waals surface area contributed by atoms with E-state index in [-0.39, 0.29) is 57.0 Å². The molecule has 0 bridgehead atoms. The number of nitrogens with zero attached hydrogens (tertiary/aromatic N) is 1. The monoisotopic (exact) mass is 813 g/mol. The van der Waals surface area contributed by atoms with Crippen molar-refractivity contribution in [1.82, 2.24) is 4.57 Å². The van der Waals surface area contributed by atoms with Gasteiger partial charge in [0.15, 0.2) is 7.14 Å². The predicted octanol–water partition coefficient (Wildman–Crippen LogP) is 7.92. The van der Waals surface area contributed by atoms with E-state index in [4.69, 9.17) is 0 Å². The second kappa shape index (κ2) is 15.0. The van der Waals surface area contributed by atoms with Crippen molar-refractivity contribution in [2.45, 2.75) is 6.18 Å². The van der Waals surface area contributed by atoms with Gasteiger partial charge in [0.25, 0.3) is 11.3 Å².